The average molecular weight is 258 g/mol. The molecule has 0 saturated heterocycles. The van der Waals surface area contributed by atoms with Gasteiger partial charge in [0.2, 0.25) is 0 Å². The van der Waals surface area contributed by atoms with Gasteiger partial charge >= 0.3 is 0 Å². The third-order valence-corrected chi connectivity index (χ3v) is 2.28. The summed E-state index contributed by atoms with van der Waals surface area (Å²) in [4.78, 5) is 11.5. The molecule has 0 radical (unpaired) electrons. The van der Waals surface area contributed by atoms with E-state index in [9.17, 15) is 4.79 Å². The third-order valence-electron chi connectivity index (χ3n) is 2.28. The van der Waals surface area contributed by atoms with Crippen LogP contribution in [-0.2, 0) is 4.79 Å². The molecule has 0 saturated carbocycles. The first kappa shape index (κ1) is 12.8. The Morgan fingerprint density at radius 3 is 2.63 bits per heavy atom. The van der Waals surface area contributed by atoms with E-state index in [2.05, 4.69) is 17.4 Å². The smallest absolute Gasteiger partial charge is 0.276 e. The third kappa shape index (κ3) is 3.92. The van der Waals surface area contributed by atoms with Gasteiger partial charge in [0.25, 0.3) is 5.91 Å². The summed E-state index contributed by atoms with van der Waals surface area (Å²) < 4.78 is 10.4. The number of carbonyl (C=O) groups is 1. The van der Waals surface area contributed by atoms with Gasteiger partial charge in [-0.15, -0.1) is 0 Å². The van der Waals surface area contributed by atoms with Gasteiger partial charge in [0.05, 0.1) is 12.0 Å². The summed E-state index contributed by atoms with van der Waals surface area (Å²) in [6.07, 6.45) is 1.53. The van der Waals surface area contributed by atoms with Gasteiger partial charge in [-0.25, -0.2) is 0 Å². The first-order valence-corrected chi connectivity index (χ1v) is 5.71. The SMILES string of the molecule is C=C(NNC(=O)COc1ccccc1)c1ccco1. The first-order chi connectivity index (χ1) is 9.25. The topological polar surface area (TPSA) is 63.5 Å². The Hall–Kier alpha value is -2.69. The monoisotopic (exact) mass is 258 g/mol. The first-order valence-electron chi connectivity index (χ1n) is 5.71. The largest absolute Gasteiger partial charge is 0.484 e. The Kier molecular flexibility index (Phi) is 4.23. The van der Waals surface area contributed by atoms with Crippen molar-refractivity contribution in [1.29, 1.82) is 0 Å². The Bertz CT molecular complexity index is 535. The van der Waals surface area contributed by atoms with Gasteiger partial charge in [0.1, 0.15) is 5.75 Å². The zero-order valence-electron chi connectivity index (χ0n) is 10.3. The predicted molar refractivity (Wildman–Crippen MR) is 71.0 cm³/mol. The molecule has 0 unspecified atom stereocenters. The highest BCUT2D eigenvalue weighted by atomic mass is 16.5. The van der Waals surface area contributed by atoms with E-state index >= 15 is 0 Å². The fourth-order valence-electron chi connectivity index (χ4n) is 1.36. The number of nitrogens with one attached hydrogen (secondary N) is 2. The molecule has 5 nitrogen and oxygen atoms in total. The van der Waals surface area contributed by atoms with Crippen molar-refractivity contribution < 1.29 is 13.9 Å². The minimum absolute atomic E-state index is 0.0809. The molecule has 1 aromatic carbocycles. The number of furan rings is 1. The molecule has 5 heteroatoms. The lowest BCUT2D eigenvalue weighted by atomic mass is 10.3. The van der Waals surface area contributed by atoms with E-state index in [-0.39, 0.29) is 12.5 Å². The number of hydrogen-bond acceptors (Lipinski definition) is 4. The van der Waals surface area contributed by atoms with Crippen molar-refractivity contribution in [3.05, 3.63) is 61.1 Å². The molecular formula is C14H14N2O3. The van der Waals surface area contributed by atoms with Gasteiger partial charge in [-0.2, -0.15) is 0 Å². The molecule has 2 rings (SSSR count). The summed E-state index contributed by atoms with van der Waals surface area (Å²) in [5.74, 6) is 0.892. The molecule has 19 heavy (non-hydrogen) atoms. The van der Waals surface area contributed by atoms with Crippen LogP contribution in [-0.4, -0.2) is 12.5 Å². The van der Waals surface area contributed by atoms with Crippen LogP contribution < -0.4 is 15.6 Å². The van der Waals surface area contributed by atoms with Crippen LogP contribution in [0.1, 0.15) is 5.76 Å². The molecular weight excluding hydrogens is 244 g/mol. The van der Waals surface area contributed by atoms with E-state index < -0.39 is 0 Å². The van der Waals surface area contributed by atoms with E-state index in [0.29, 0.717) is 17.2 Å². The Labute approximate surface area is 110 Å². The van der Waals surface area contributed by atoms with Gasteiger partial charge < -0.3 is 9.15 Å². The molecule has 98 valence electrons. The Balaban J connectivity index is 1.72. The van der Waals surface area contributed by atoms with Crippen LogP contribution in [0.25, 0.3) is 5.70 Å². The van der Waals surface area contributed by atoms with Crippen molar-refractivity contribution in [3.63, 3.8) is 0 Å². The number of benzene rings is 1. The summed E-state index contributed by atoms with van der Waals surface area (Å²) >= 11 is 0. The molecule has 1 aromatic heterocycles. The van der Waals surface area contributed by atoms with Gasteiger partial charge in [0, 0.05) is 0 Å². The number of hydrazine groups is 1. The zero-order valence-corrected chi connectivity index (χ0v) is 10.3. The van der Waals surface area contributed by atoms with E-state index in [1.165, 1.54) is 6.26 Å². The van der Waals surface area contributed by atoms with Gasteiger partial charge in [-0.1, -0.05) is 24.8 Å². The summed E-state index contributed by atoms with van der Waals surface area (Å²) in [7, 11) is 0. The number of hydrogen-bond donors (Lipinski definition) is 2. The predicted octanol–water partition coefficient (Wildman–Crippen LogP) is 1.95. The fourth-order valence-corrected chi connectivity index (χ4v) is 1.36. The quantitative estimate of drug-likeness (QED) is 0.777. The van der Waals surface area contributed by atoms with Crippen molar-refractivity contribution in [1.82, 2.24) is 10.9 Å². The number of carbonyl (C=O) groups excluding carboxylic acids is 1. The van der Waals surface area contributed by atoms with Crippen LogP contribution in [0.2, 0.25) is 0 Å². The Morgan fingerprint density at radius 2 is 1.95 bits per heavy atom. The lowest BCUT2D eigenvalue weighted by Gasteiger charge is -2.10. The Morgan fingerprint density at radius 1 is 1.16 bits per heavy atom. The molecule has 0 aliphatic heterocycles. The van der Waals surface area contributed by atoms with Crippen molar-refractivity contribution in [3.8, 4) is 5.75 Å². The number of amides is 1. The molecule has 1 heterocycles. The van der Waals surface area contributed by atoms with E-state index in [1.807, 2.05) is 18.2 Å². The normalized spacial score (nSPS) is 9.68. The molecule has 0 spiro atoms. The highest BCUT2D eigenvalue weighted by molar-refractivity contribution is 5.78. The standard InChI is InChI=1S/C14H14N2O3/c1-11(13-8-5-9-18-13)15-16-14(17)10-19-12-6-3-2-4-7-12/h2-9,15H,1,10H2,(H,16,17). The maximum atomic E-state index is 11.5. The number of para-hydroxylation sites is 1. The van der Waals surface area contributed by atoms with Gasteiger partial charge in [0.15, 0.2) is 12.4 Å². The highest BCUT2D eigenvalue weighted by Crippen LogP contribution is 2.08. The van der Waals surface area contributed by atoms with Crippen molar-refractivity contribution >= 4 is 11.6 Å². The maximum Gasteiger partial charge on any atom is 0.276 e. The van der Waals surface area contributed by atoms with E-state index in [1.54, 1.807) is 24.3 Å². The van der Waals surface area contributed by atoms with E-state index in [0.717, 1.165) is 0 Å². The summed E-state index contributed by atoms with van der Waals surface area (Å²) in [5.41, 5.74) is 5.59. The summed E-state index contributed by atoms with van der Waals surface area (Å²) in [6.45, 7) is 3.65. The van der Waals surface area contributed by atoms with Crippen LogP contribution in [0, 0.1) is 0 Å². The second-order valence-corrected chi connectivity index (χ2v) is 3.73. The van der Waals surface area contributed by atoms with Crippen molar-refractivity contribution in [2.45, 2.75) is 0 Å². The molecule has 1 amide bonds. The second-order valence-electron chi connectivity index (χ2n) is 3.73. The lowest BCUT2D eigenvalue weighted by Crippen LogP contribution is -2.38. The van der Waals surface area contributed by atoms with Crippen LogP contribution in [0.3, 0.4) is 0 Å². The number of ether oxygens (including phenoxy) is 1. The second kappa shape index (κ2) is 6.30. The zero-order chi connectivity index (χ0) is 13.5. The summed E-state index contributed by atoms with van der Waals surface area (Å²) in [6, 6.07) is 12.6. The number of rotatable bonds is 6. The minimum atomic E-state index is -0.309. The molecule has 2 aromatic rings. The van der Waals surface area contributed by atoms with Crippen LogP contribution in [0.4, 0.5) is 0 Å². The van der Waals surface area contributed by atoms with Crippen LogP contribution >= 0.6 is 0 Å². The van der Waals surface area contributed by atoms with Crippen molar-refractivity contribution in [2.24, 2.45) is 0 Å². The molecule has 2 N–H and O–H groups in total. The minimum Gasteiger partial charge on any atom is -0.484 e. The molecule has 0 aliphatic rings. The van der Waals surface area contributed by atoms with Gasteiger partial charge in [-0.05, 0) is 24.3 Å². The van der Waals surface area contributed by atoms with Crippen LogP contribution in [0.15, 0.2) is 59.7 Å². The fraction of sp³-hybridized carbons (Fsp3) is 0.0714. The van der Waals surface area contributed by atoms with E-state index in [4.69, 9.17) is 9.15 Å². The molecule has 0 aliphatic carbocycles. The van der Waals surface area contributed by atoms with Gasteiger partial charge in [-0.3, -0.25) is 15.6 Å². The van der Waals surface area contributed by atoms with Crippen molar-refractivity contribution in [2.75, 3.05) is 6.61 Å². The highest BCUT2D eigenvalue weighted by Gasteiger charge is 2.05. The lowest BCUT2D eigenvalue weighted by molar-refractivity contribution is -0.123. The molecule has 0 fully saturated rings. The molecule has 0 atom stereocenters. The average Bonchev–Trinajstić information content (AvgIpc) is 2.98. The maximum absolute atomic E-state index is 11.5. The summed E-state index contributed by atoms with van der Waals surface area (Å²) in [5, 5.41) is 0. The molecule has 0 bridgehead atoms. The van der Waals surface area contributed by atoms with Crippen LogP contribution in [0.5, 0.6) is 5.75 Å².